The van der Waals surface area contributed by atoms with Gasteiger partial charge in [-0.25, -0.2) is 9.18 Å². The summed E-state index contributed by atoms with van der Waals surface area (Å²) in [6.45, 7) is 1.13. The zero-order valence-corrected chi connectivity index (χ0v) is 14.1. The first kappa shape index (κ1) is 18.1. The van der Waals surface area contributed by atoms with Gasteiger partial charge in [0.05, 0.1) is 32.1 Å². The number of hydrogen-bond acceptors (Lipinski definition) is 5. The number of imide groups is 1. The van der Waals surface area contributed by atoms with Crippen molar-refractivity contribution in [1.29, 1.82) is 0 Å². The molecular formula is C18H19FN2O5. The van der Waals surface area contributed by atoms with Crippen LogP contribution in [0.2, 0.25) is 0 Å². The number of hydrogen-bond donors (Lipinski definition) is 2. The Morgan fingerprint density at radius 2 is 2.08 bits per heavy atom. The molecule has 1 aliphatic rings. The number of aliphatic hydroxyl groups is 1. The first-order chi connectivity index (χ1) is 12.4. The number of carbonyl (C=O) groups is 2. The predicted octanol–water partition coefficient (Wildman–Crippen LogP) is 1.76. The van der Waals surface area contributed by atoms with E-state index in [4.69, 9.17) is 9.15 Å². The Morgan fingerprint density at radius 3 is 2.77 bits per heavy atom. The van der Waals surface area contributed by atoms with E-state index in [0.717, 1.165) is 4.90 Å². The van der Waals surface area contributed by atoms with Gasteiger partial charge in [0.15, 0.2) is 5.54 Å². The van der Waals surface area contributed by atoms with Crippen LogP contribution in [0, 0.1) is 5.82 Å². The number of β-amino-alcohol motifs (C(OH)–C–C–N with tert-alkyl or cyclic N) is 1. The minimum atomic E-state index is -1.31. The first-order valence-electron chi connectivity index (χ1n) is 8.09. The number of aliphatic hydroxyl groups excluding tert-OH is 1. The number of amides is 3. The molecule has 3 amide bonds. The van der Waals surface area contributed by atoms with E-state index >= 15 is 0 Å². The van der Waals surface area contributed by atoms with Gasteiger partial charge in [-0.2, -0.15) is 0 Å². The molecule has 0 radical (unpaired) electrons. The van der Waals surface area contributed by atoms with Crippen molar-refractivity contribution < 1.29 is 28.2 Å². The van der Waals surface area contributed by atoms with Crippen LogP contribution in [0.5, 0.6) is 0 Å². The Hall–Kier alpha value is -2.71. The van der Waals surface area contributed by atoms with Crippen molar-refractivity contribution in [2.24, 2.45) is 0 Å². The third-order valence-corrected chi connectivity index (χ3v) is 4.21. The number of urea groups is 1. The van der Waals surface area contributed by atoms with E-state index in [2.05, 4.69) is 5.32 Å². The lowest BCUT2D eigenvalue weighted by atomic mass is 9.99. The lowest BCUT2D eigenvalue weighted by Gasteiger charge is -2.20. The van der Waals surface area contributed by atoms with E-state index in [1.54, 1.807) is 30.3 Å². The second kappa shape index (κ2) is 7.27. The molecule has 0 bridgehead atoms. The van der Waals surface area contributed by atoms with Crippen LogP contribution in [0.25, 0.3) is 0 Å². The molecule has 3 rings (SSSR count). The number of ether oxygens (including phenoxy) is 1. The van der Waals surface area contributed by atoms with E-state index in [0.29, 0.717) is 11.3 Å². The maximum atomic E-state index is 13.5. The van der Waals surface area contributed by atoms with Crippen LogP contribution in [0.15, 0.2) is 47.1 Å². The smallest absolute Gasteiger partial charge is 0.325 e. The molecule has 1 aromatic heterocycles. The molecule has 0 saturated carbocycles. The summed E-state index contributed by atoms with van der Waals surface area (Å²) < 4.78 is 24.0. The van der Waals surface area contributed by atoms with Crippen molar-refractivity contribution in [3.05, 3.63) is 59.8 Å². The third-order valence-electron chi connectivity index (χ3n) is 4.21. The van der Waals surface area contributed by atoms with Crippen molar-refractivity contribution in [3.8, 4) is 0 Å². The second-order valence-corrected chi connectivity index (χ2v) is 6.21. The van der Waals surface area contributed by atoms with Crippen molar-refractivity contribution >= 4 is 11.9 Å². The maximum Gasteiger partial charge on any atom is 0.325 e. The molecule has 2 heterocycles. The van der Waals surface area contributed by atoms with Crippen molar-refractivity contribution in [1.82, 2.24) is 10.2 Å². The fourth-order valence-corrected chi connectivity index (χ4v) is 2.78. The van der Waals surface area contributed by atoms with Crippen LogP contribution in [0.1, 0.15) is 18.2 Å². The summed E-state index contributed by atoms with van der Waals surface area (Å²) in [6, 6.07) is 8.74. The molecule has 2 aromatic rings. The number of nitrogens with zero attached hydrogens (tertiary/aromatic N) is 1. The highest BCUT2D eigenvalue weighted by atomic mass is 19.1. The number of carbonyl (C=O) groups excluding carboxylic acids is 2. The summed E-state index contributed by atoms with van der Waals surface area (Å²) in [5.41, 5.74) is -0.950. The molecule has 8 heteroatoms. The summed E-state index contributed by atoms with van der Waals surface area (Å²) in [5, 5.41) is 12.6. The molecule has 0 spiro atoms. The van der Waals surface area contributed by atoms with Gasteiger partial charge in [0.25, 0.3) is 5.91 Å². The van der Waals surface area contributed by atoms with Crippen molar-refractivity contribution in [2.45, 2.75) is 25.2 Å². The molecule has 138 valence electrons. The number of halogens is 1. The highest BCUT2D eigenvalue weighted by Crippen LogP contribution is 2.29. The molecule has 7 nitrogen and oxygen atoms in total. The minimum absolute atomic E-state index is 0.0199. The summed E-state index contributed by atoms with van der Waals surface area (Å²) in [6.07, 6.45) is 0.309. The minimum Gasteiger partial charge on any atom is -0.466 e. The zero-order valence-electron chi connectivity index (χ0n) is 14.1. The van der Waals surface area contributed by atoms with E-state index in [1.165, 1.54) is 19.3 Å². The zero-order chi connectivity index (χ0) is 18.7. The summed E-state index contributed by atoms with van der Waals surface area (Å²) in [7, 11) is 0. The molecule has 2 atom stereocenters. The SMILES string of the molecule is CC1(c2ccco2)NC(=O)N(CC(O)COCc2ccccc2F)C1=O. The number of benzene rings is 1. The van der Waals surface area contributed by atoms with Crippen molar-refractivity contribution in [2.75, 3.05) is 13.2 Å². The lowest BCUT2D eigenvalue weighted by molar-refractivity contribution is -0.133. The van der Waals surface area contributed by atoms with Gasteiger partial charge in [-0.1, -0.05) is 18.2 Å². The van der Waals surface area contributed by atoms with E-state index in [-0.39, 0.29) is 19.8 Å². The fourth-order valence-electron chi connectivity index (χ4n) is 2.78. The van der Waals surface area contributed by atoms with E-state index in [9.17, 15) is 19.1 Å². The molecule has 0 aliphatic carbocycles. The van der Waals surface area contributed by atoms with Gasteiger partial charge in [-0.3, -0.25) is 9.69 Å². The molecule has 1 saturated heterocycles. The topological polar surface area (TPSA) is 92.0 Å². The summed E-state index contributed by atoms with van der Waals surface area (Å²) in [4.78, 5) is 25.6. The standard InChI is InChI=1S/C18H19FN2O5/c1-18(15-7-4-8-26-15)16(23)21(17(24)20-18)9-13(22)11-25-10-12-5-2-3-6-14(12)19/h2-8,13,22H,9-11H2,1H3,(H,20,24). The van der Waals surface area contributed by atoms with Gasteiger partial charge in [0, 0.05) is 5.56 Å². The van der Waals surface area contributed by atoms with Gasteiger partial charge in [-0.05, 0) is 25.1 Å². The average Bonchev–Trinajstić information content (AvgIpc) is 3.21. The highest BCUT2D eigenvalue weighted by molar-refractivity contribution is 6.06. The Balaban J connectivity index is 1.56. The molecule has 1 aromatic carbocycles. The Labute approximate surface area is 149 Å². The van der Waals surface area contributed by atoms with Gasteiger partial charge in [0.1, 0.15) is 11.6 Å². The van der Waals surface area contributed by atoms with Crippen molar-refractivity contribution in [3.63, 3.8) is 0 Å². The van der Waals surface area contributed by atoms with Crippen LogP contribution < -0.4 is 5.32 Å². The van der Waals surface area contributed by atoms with Gasteiger partial charge < -0.3 is 19.6 Å². The largest absolute Gasteiger partial charge is 0.466 e. The first-order valence-corrected chi connectivity index (χ1v) is 8.09. The lowest BCUT2D eigenvalue weighted by Crippen LogP contribution is -2.42. The summed E-state index contributed by atoms with van der Waals surface area (Å²) in [5.74, 6) is -0.612. The average molecular weight is 362 g/mol. The molecule has 26 heavy (non-hydrogen) atoms. The predicted molar refractivity (Wildman–Crippen MR) is 88.4 cm³/mol. The normalized spacial score (nSPS) is 21.1. The van der Waals surface area contributed by atoms with Gasteiger partial charge >= 0.3 is 6.03 Å². The molecule has 2 unspecified atom stereocenters. The Morgan fingerprint density at radius 1 is 1.31 bits per heavy atom. The van der Waals surface area contributed by atoms with Gasteiger partial charge in [0.2, 0.25) is 0 Å². The maximum absolute atomic E-state index is 13.5. The van der Waals surface area contributed by atoms with Crippen LogP contribution in [0.3, 0.4) is 0 Å². The van der Waals surface area contributed by atoms with Gasteiger partial charge in [-0.15, -0.1) is 0 Å². The van der Waals surface area contributed by atoms with Crippen LogP contribution in [-0.4, -0.2) is 41.2 Å². The quantitative estimate of drug-likeness (QED) is 0.733. The van der Waals surface area contributed by atoms with E-state index in [1.807, 2.05) is 0 Å². The highest BCUT2D eigenvalue weighted by Gasteiger charge is 2.51. The van der Waals surface area contributed by atoms with Crippen LogP contribution >= 0.6 is 0 Å². The number of rotatable bonds is 7. The Kier molecular flexibility index (Phi) is 5.06. The molecule has 1 fully saturated rings. The monoisotopic (exact) mass is 362 g/mol. The third kappa shape index (κ3) is 3.47. The fraction of sp³-hybridized carbons (Fsp3) is 0.333. The van der Waals surface area contributed by atoms with E-state index < -0.39 is 29.4 Å². The molecular weight excluding hydrogens is 343 g/mol. The molecule has 2 N–H and O–H groups in total. The van der Waals surface area contributed by atoms with Crippen LogP contribution in [-0.2, 0) is 21.7 Å². The number of nitrogens with one attached hydrogen (secondary N) is 1. The summed E-state index contributed by atoms with van der Waals surface area (Å²) >= 11 is 0. The second-order valence-electron chi connectivity index (χ2n) is 6.21. The Bertz CT molecular complexity index is 795. The number of furan rings is 1. The van der Waals surface area contributed by atoms with Crippen LogP contribution in [0.4, 0.5) is 9.18 Å². The molecule has 1 aliphatic heterocycles.